The molecule has 3 aromatic rings. The van der Waals surface area contributed by atoms with Gasteiger partial charge in [0.2, 0.25) is 0 Å². The number of fused-ring (bicyclic) bond motifs is 3. The minimum atomic E-state index is -0.571. The van der Waals surface area contributed by atoms with E-state index in [1.54, 1.807) is 11.3 Å². The van der Waals surface area contributed by atoms with Crippen LogP contribution in [-0.2, 0) is 16.0 Å². The number of carbonyl (C=O) groups is 1. The van der Waals surface area contributed by atoms with Gasteiger partial charge in [-0.2, -0.15) is 0 Å². The van der Waals surface area contributed by atoms with Crippen molar-refractivity contribution in [2.45, 2.75) is 66.0 Å². The smallest absolute Gasteiger partial charge is 0.308 e. The first-order valence-corrected chi connectivity index (χ1v) is 12.7. The van der Waals surface area contributed by atoms with Gasteiger partial charge in [-0.15, -0.1) is 21.5 Å². The Kier molecular flexibility index (Phi) is 7.05. The van der Waals surface area contributed by atoms with Crippen molar-refractivity contribution >= 4 is 23.0 Å². The molecule has 1 aromatic carbocycles. The molecule has 2 N–H and O–H groups in total. The molecule has 0 unspecified atom stereocenters. The highest BCUT2D eigenvalue weighted by Crippen LogP contribution is 2.39. The first-order chi connectivity index (χ1) is 16.6. The maximum absolute atomic E-state index is 12.8. The second-order valence-corrected chi connectivity index (χ2v) is 11.0. The molecule has 0 radical (unpaired) electrons. The fraction of sp³-hybridized carbons (Fsp3) is 0.407. The van der Waals surface area contributed by atoms with E-state index in [9.17, 15) is 4.79 Å². The Balaban J connectivity index is 1.83. The first-order valence-electron chi connectivity index (χ1n) is 11.9. The average molecular weight is 492 g/mol. The molecule has 0 saturated carbocycles. The number of thiophene rings is 1. The number of aliphatic imine (C=N–C) groups is 1. The van der Waals surface area contributed by atoms with Crippen LogP contribution in [0.2, 0.25) is 0 Å². The maximum Gasteiger partial charge on any atom is 0.308 e. The van der Waals surface area contributed by atoms with Gasteiger partial charge < -0.3 is 10.5 Å². The van der Waals surface area contributed by atoms with Crippen molar-refractivity contribution in [1.29, 1.82) is 0 Å². The minimum absolute atomic E-state index is 0.0911. The number of hydrogen-bond acceptors (Lipinski definition) is 7. The monoisotopic (exact) mass is 491 g/mol. The minimum Gasteiger partial charge on any atom is -0.460 e. The van der Waals surface area contributed by atoms with Crippen molar-refractivity contribution in [2.24, 2.45) is 10.7 Å². The number of aryl methyl sites for hydroxylation is 2. The molecule has 0 amide bonds. The van der Waals surface area contributed by atoms with E-state index in [0.29, 0.717) is 12.4 Å². The number of carbonyl (C=O) groups excluding carboxylic acids is 1. The van der Waals surface area contributed by atoms with Crippen molar-refractivity contribution < 1.29 is 9.53 Å². The predicted molar refractivity (Wildman–Crippen MR) is 141 cm³/mol. The molecule has 0 bridgehead atoms. The van der Waals surface area contributed by atoms with Gasteiger partial charge >= 0.3 is 5.97 Å². The topological polar surface area (TPSA) is 95.4 Å². The van der Waals surface area contributed by atoms with Crippen LogP contribution in [0, 0.1) is 20.8 Å². The van der Waals surface area contributed by atoms with Crippen molar-refractivity contribution in [2.75, 3.05) is 6.54 Å². The Morgan fingerprint density at radius 2 is 1.86 bits per heavy atom. The van der Waals surface area contributed by atoms with E-state index < -0.39 is 11.6 Å². The van der Waals surface area contributed by atoms with Gasteiger partial charge in [0.05, 0.1) is 12.1 Å². The number of aromatic nitrogens is 3. The fourth-order valence-corrected chi connectivity index (χ4v) is 5.39. The molecule has 2 aromatic heterocycles. The Morgan fingerprint density at radius 3 is 2.51 bits per heavy atom. The van der Waals surface area contributed by atoms with Crippen molar-refractivity contribution in [1.82, 2.24) is 14.8 Å². The predicted octanol–water partition coefficient (Wildman–Crippen LogP) is 4.94. The van der Waals surface area contributed by atoms with E-state index >= 15 is 0 Å². The summed E-state index contributed by atoms with van der Waals surface area (Å²) in [6.45, 7) is 12.3. The van der Waals surface area contributed by atoms with Crippen LogP contribution in [0.15, 0.2) is 41.4 Å². The lowest BCUT2D eigenvalue weighted by molar-refractivity contribution is -0.155. The molecule has 0 aliphatic carbocycles. The summed E-state index contributed by atoms with van der Waals surface area (Å²) >= 11 is 1.70. The van der Waals surface area contributed by atoms with Gasteiger partial charge in [0, 0.05) is 22.5 Å². The second-order valence-electron chi connectivity index (χ2n) is 9.80. The Hall–Kier alpha value is -3.10. The van der Waals surface area contributed by atoms with Gasteiger partial charge in [-0.3, -0.25) is 14.4 Å². The number of hydrogen-bond donors (Lipinski definition) is 1. The number of allylic oxidation sites excluding steroid dienone is 1. The van der Waals surface area contributed by atoms with E-state index in [1.807, 2.05) is 33.8 Å². The molecular formula is C27H33N5O2S. The summed E-state index contributed by atoms with van der Waals surface area (Å²) in [5, 5.41) is 9.83. The highest BCUT2D eigenvalue weighted by Gasteiger charge is 2.33. The summed E-state index contributed by atoms with van der Waals surface area (Å²) in [7, 11) is 0. The fourth-order valence-electron chi connectivity index (χ4n) is 4.18. The van der Waals surface area contributed by atoms with E-state index in [2.05, 4.69) is 59.0 Å². The van der Waals surface area contributed by atoms with Crippen LogP contribution in [-0.4, -0.2) is 38.6 Å². The number of esters is 1. The van der Waals surface area contributed by atoms with Crippen LogP contribution in [0.5, 0.6) is 0 Å². The lowest BCUT2D eigenvalue weighted by atomic mass is 9.98. The second kappa shape index (κ2) is 9.87. The molecule has 0 fully saturated rings. The highest BCUT2D eigenvalue weighted by atomic mass is 32.1. The Morgan fingerprint density at radius 1 is 1.14 bits per heavy atom. The molecule has 4 rings (SSSR count). The number of ether oxygens (including phenoxy) is 1. The summed E-state index contributed by atoms with van der Waals surface area (Å²) in [4.78, 5) is 19.2. The summed E-state index contributed by atoms with van der Waals surface area (Å²) < 4.78 is 7.68. The molecule has 1 aliphatic heterocycles. The van der Waals surface area contributed by atoms with Gasteiger partial charge in [0.25, 0.3) is 0 Å². The quantitative estimate of drug-likeness (QED) is 0.389. The molecule has 7 nitrogen and oxygen atoms in total. The standard InChI is InChI=1S/C27H33N5O2S/c1-16-17(2)35-26-23(16)24(20-12-10-19(11-13-20)9-7-8-14-28)29-21(15-22(33)34-27(4,5)6)25-31-30-18(3)32(25)26/h7-8,10-13,21H,9,14-15,28H2,1-6H3/t21-/m1/s1. The third kappa shape index (κ3) is 5.28. The molecule has 0 spiro atoms. The number of rotatable bonds is 6. The number of nitrogens with zero attached hydrogens (tertiary/aromatic N) is 4. The first kappa shape index (κ1) is 25.0. The number of benzene rings is 1. The van der Waals surface area contributed by atoms with Gasteiger partial charge in [0.1, 0.15) is 22.5 Å². The van der Waals surface area contributed by atoms with Gasteiger partial charge in [-0.05, 0) is 59.1 Å². The van der Waals surface area contributed by atoms with Crippen LogP contribution in [0.25, 0.3) is 5.00 Å². The van der Waals surface area contributed by atoms with Crippen LogP contribution < -0.4 is 5.73 Å². The van der Waals surface area contributed by atoms with Crippen LogP contribution in [0.1, 0.15) is 72.0 Å². The Labute approximate surface area is 210 Å². The third-order valence-electron chi connectivity index (χ3n) is 5.90. The van der Waals surface area contributed by atoms with Crippen molar-refractivity contribution in [3.63, 3.8) is 0 Å². The molecule has 35 heavy (non-hydrogen) atoms. The third-order valence-corrected chi connectivity index (χ3v) is 7.10. The van der Waals surface area contributed by atoms with E-state index in [1.165, 1.54) is 16.0 Å². The molecule has 1 atom stereocenters. The zero-order valence-electron chi connectivity index (χ0n) is 21.3. The molecule has 1 aliphatic rings. The summed E-state index contributed by atoms with van der Waals surface area (Å²) in [6.07, 6.45) is 4.96. The largest absolute Gasteiger partial charge is 0.460 e. The van der Waals surface area contributed by atoms with Gasteiger partial charge in [-0.1, -0.05) is 36.4 Å². The van der Waals surface area contributed by atoms with Crippen molar-refractivity contribution in [3.05, 3.63) is 75.2 Å². The molecule has 184 valence electrons. The molecule has 3 heterocycles. The lowest BCUT2D eigenvalue weighted by Gasteiger charge is -2.21. The highest BCUT2D eigenvalue weighted by molar-refractivity contribution is 7.15. The van der Waals surface area contributed by atoms with Gasteiger partial charge in [-0.25, -0.2) is 0 Å². The van der Waals surface area contributed by atoms with Crippen molar-refractivity contribution in [3.8, 4) is 5.00 Å². The lowest BCUT2D eigenvalue weighted by Crippen LogP contribution is -2.25. The van der Waals surface area contributed by atoms with E-state index in [-0.39, 0.29) is 12.4 Å². The number of nitrogens with two attached hydrogens (primary N) is 1. The zero-order valence-corrected chi connectivity index (χ0v) is 22.1. The van der Waals surface area contributed by atoms with Crippen LogP contribution in [0.4, 0.5) is 0 Å². The van der Waals surface area contributed by atoms with Crippen LogP contribution >= 0.6 is 11.3 Å². The SMILES string of the molecule is Cc1sc2c(c1C)C(c1ccc(CC=CCN)cc1)=N[C@H](CC(=O)OC(C)(C)C)c1nnc(C)n1-2. The molecule has 8 heteroatoms. The van der Waals surface area contributed by atoms with Crippen LogP contribution in [0.3, 0.4) is 0 Å². The summed E-state index contributed by atoms with van der Waals surface area (Å²) in [5.74, 6) is 1.13. The summed E-state index contributed by atoms with van der Waals surface area (Å²) in [5.41, 5.74) is 10.3. The van der Waals surface area contributed by atoms with E-state index in [0.717, 1.165) is 34.1 Å². The van der Waals surface area contributed by atoms with Gasteiger partial charge in [0.15, 0.2) is 5.82 Å². The Bertz CT molecular complexity index is 1290. The molecule has 0 saturated heterocycles. The average Bonchev–Trinajstić information content (AvgIpc) is 3.25. The molecular weight excluding hydrogens is 458 g/mol. The van der Waals surface area contributed by atoms with E-state index in [4.69, 9.17) is 15.5 Å². The maximum atomic E-state index is 12.8. The normalized spacial score (nSPS) is 15.5. The summed E-state index contributed by atoms with van der Waals surface area (Å²) in [6, 6.07) is 7.93. The zero-order chi connectivity index (χ0) is 25.3.